The van der Waals surface area contributed by atoms with Gasteiger partial charge in [-0.1, -0.05) is 13.3 Å². The van der Waals surface area contributed by atoms with Crippen molar-refractivity contribution in [2.45, 2.75) is 51.6 Å². The lowest BCUT2D eigenvalue weighted by Gasteiger charge is -2.39. The first-order valence-electron chi connectivity index (χ1n) is 6.87. The molecule has 1 saturated heterocycles. The number of nitrogens with zero attached hydrogens (tertiary/aromatic N) is 1. The molecule has 0 aliphatic carbocycles. The molecule has 1 aliphatic heterocycles. The van der Waals surface area contributed by atoms with Crippen molar-refractivity contribution in [1.82, 2.24) is 15.5 Å². The summed E-state index contributed by atoms with van der Waals surface area (Å²) in [7, 11) is 1.71. The molecule has 1 rings (SSSR count). The first-order valence-corrected chi connectivity index (χ1v) is 6.87. The topological polar surface area (TPSA) is 44.4 Å². The van der Waals surface area contributed by atoms with E-state index in [0.717, 1.165) is 19.6 Å². The van der Waals surface area contributed by atoms with Crippen molar-refractivity contribution < 1.29 is 4.79 Å². The lowest BCUT2D eigenvalue weighted by Crippen LogP contribution is -2.51. The van der Waals surface area contributed by atoms with E-state index >= 15 is 0 Å². The number of likely N-dealkylation sites (tertiary alicyclic amines) is 1. The minimum atomic E-state index is 0.144. The number of piperidine rings is 1. The predicted molar refractivity (Wildman–Crippen MR) is 71.0 cm³/mol. The molecule has 0 spiro atoms. The zero-order valence-electron chi connectivity index (χ0n) is 11.5. The maximum Gasteiger partial charge on any atom is 0.221 e. The van der Waals surface area contributed by atoms with Crippen molar-refractivity contribution in [3.63, 3.8) is 0 Å². The Hall–Kier alpha value is -0.610. The summed E-state index contributed by atoms with van der Waals surface area (Å²) < 4.78 is 0. The van der Waals surface area contributed by atoms with Gasteiger partial charge in [0, 0.05) is 32.1 Å². The maximum atomic E-state index is 11.3. The highest BCUT2D eigenvalue weighted by Gasteiger charge is 2.26. The molecule has 1 aliphatic rings. The van der Waals surface area contributed by atoms with Gasteiger partial charge in [0.1, 0.15) is 0 Å². The molecular formula is C13H27N3O. The molecule has 1 heterocycles. The van der Waals surface area contributed by atoms with Crippen LogP contribution >= 0.6 is 0 Å². The molecule has 4 heteroatoms. The molecule has 17 heavy (non-hydrogen) atoms. The van der Waals surface area contributed by atoms with Crippen molar-refractivity contribution in [3.05, 3.63) is 0 Å². The monoisotopic (exact) mass is 241 g/mol. The van der Waals surface area contributed by atoms with Gasteiger partial charge in [-0.25, -0.2) is 0 Å². The zero-order valence-corrected chi connectivity index (χ0v) is 11.5. The smallest absolute Gasteiger partial charge is 0.221 e. The second kappa shape index (κ2) is 7.67. The molecule has 0 aromatic heterocycles. The number of likely N-dealkylation sites (N-methyl/N-ethyl adjacent to an activating group) is 1. The van der Waals surface area contributed by atoms with E-state index in [4.69, 9.17) is 0 Å². The lowest BCUT2D eigenvalue weighted by molar-refractivity contribution is -0.121. The number of carbonyl (C=O) groups excluding carboxylic acids is 1. The molecule has 0 radical (unpaired) electrons. The highest BCUT2D eigenvalue weighted by atomic mass is 16.1. The molecule has 1 amide bonds. The van der Waals surface area contributed by atoms with Gasteiger partial charge < -0.3 is 10.6 Å². The predicted octanol–water partition coefficient (Wildman–Crippen LogP) is 0.975. The fourth-order valence-electron chi connectivity index (χ4n) is 2.69. The third-order valence-corrected chi connectivity index (χ3v) is 3.67. The largest absolute Gasteiger partial charge is 0.359 e. The number of rotatable bonds is 6. The van der Waals surface area contributed by atoms with Crippen molar-refractivity contribution in [1.29, 1.82) is 0 Å². The molecule has 0 bridgehead atoms. The van der Waals surface area contributed by atoms with Crippen LogP contribution < -0.4 is 10.6 Å². The molecule has 2 N–H and O–H groups in total. The van der Waals surface area contributed by atoms with Gasteiger partial charge in [0.05, 0.1) is 0 Å². The van der Waals surface area contributed by atoms with Gasteiger partial charge >= 0.3 is 0 Å². The third kappa shape index (κ3) is 4.64. The van der Waals surface area contributed by atoms with Crippen molar-refractivity contribution in [3.8, 4) is 0 Å². The number of amides is 1. The molecular weight excluding hydrogens is 214 g/mol. The lowest BCUT2D eigenvalue weighted by atomic mass is 9.96. The zero-order chi connectivity index (χ0) is 12.7. The Morgan fingerprint density at radius 3 is 2.88 bits per heavy atom. The SMILES string of the molecule is CCNC(C)C1CCCCN1CCC(=O)NC. The highest BCUT2D eigenvalue weighted by molar-refractivity contribution is 5.75. The van der Waals surface area contributed by atoms with Crippen LogP contribution in [0.5, 0.6) is 0 Å². The Bertz CT molecular complexity index is 233. The fourth-order valence-corrected chi connectivity index (χ4v) is 2.69. The van der Waals surface area contributed by atoms with E-state index in [-0.39, 0.29) is 5.91 Å². The highest BCUT2D eigenvalue weighted by Crippen LogP contribution is 2.19. The van der Waals surface area contributed by atoms with E-state index < -0.39 is 0 Å². The first kappa shape index (κ1) is 14.5. The third-order valence-electron chi connectivity index (χ3n) is 3.67. The van der Waals surface area contributed by atoms with Gasteiger partial charge in [-0.05, 0) is 32.9 Å². The van der Waals surface area contributed by atoms with Gasteiger partial charge in [0.15, 0.2) is 0 Å². The Balaban J connectivity index is 2.44. The summed E-state index contributed by atoms with van der Waals surface area (Å²) in [4.78, 5) is 13.8. The van der Waals surface area contributed by atoms with E-state index in [1.165, 1.54) is 19.3 Å². The first-order chi connectivity index (χ1) is 8.19. The van der Waals surface area contributed by atoms with Crippen molar-refractivity contribution in [2.24, 2.45) is 0 Å². The van der Waals surface area contributed by atoms with E-state index in [0.29, 0.717) is 18.5 Å². The number of carbonyl (C=O) groups is 1. The van der Waals surface area contributed by atoms with Crippen LogP contribution in [-0.2, 0) is 4.79 Å². The second-order valence-electron chi connectivity index (χ2n) is 4.87. The van der Waals surface area contributed by atoms with Crippen LogP contribution in [0.4, 0.5) is 0 Å². The van der Waals surface area contributed by atoms with Crippen LogP contribution in [0.15, 0.2) is 0 Å². The minimum absolute atomic E-state index is 0.144. The van der Waals surface area contributed by atoms with E-state index in [9.17, 15) is 4.79 Å². The van der Waals surface area contributed by atoms with E-state index in [1.54, 1.807) is 7.05 Å². The van der Waals surface area contributed by atoms with Crippen LogP contribution in [-0.4, -0.2) is 49.6 Å². The summed E-state index contributed by atoms with van der Waals surface area (Å²) in [5.41, 5.74) is 0. The molecule has 2 unspecified atom stereocenters. The molecule has 0 aromatic carbocycles. The molecule has 4 nitrogen and oxygen atoms in total. The van der Waals surface area contributed by atoms with Crippen LogP contribution in [0.25, 0.3) is 0 Å². The maximum absolute atomic E-state index is 11.3. The minimum Gasteiger partial charge on any atom is -0.359 e. The van der Waals surface area contributed by atoms with Gasteiger partial charge in [0.2, 0.25) is 5.91 Å². The Kier molecular flexibility index (Phi) is 6.52. The van der Waals surface area contributed by atoms with E-state index in [2.05, 4.69) is 29.4 Å². The number of hydrogen-bond donors (Lipinski definition) is 2. The average molecular weight is 241 g/mol. The number of hydrogen-bond acceptors (Lipinski definition) is 3. The Labute approximate surface area is 105 Å². The van der Waals surface area contributed by atoms with E-state index in [1.807, 2.05) is 0 Å². The Morgan fingerprint density at radius 1 is 1.47 bits per heavy atom. The summed E-state index contributed by atoms with van der Waals surface area (Å²) in [5, 5.41) is 6.20. The van der Waals surface area contributed by atoms with Crippen LogP contribution in [0.3, 0.4) is 0 Å². The molecule has 0 saturated carbocycles. The van der Waals surface area contributed by atoms with Crippen LogP contribution in [0.1, 0.15) is 39.5 Å². The van der Waals surface area contributed by atoms with Gasteiger partial charge in [-0.2, -0.15) is 0 Å². The summed E-state index contributed by atoms with van der Waals surface area (Å²) in [6, 6.07) is 1.11. The second-order valence-corrected chi connectivity index (χ2v) is 4.87. The normalized spacial score (nSPS) is 23.4. The molecule has 0 aromatic rings. The summed E-state index contributed by atoms with van der Waals surface area (Å²) >= 11 is 0. The average Bonchev–Trinajstić information content (AvgIpc) is 2.36. The van der Waals surface area contributed by atoms with Gasteiger partial charge in [0.25, 0.3) is 0 Å². The summed E-state index contributed by atoms with van der Waals surface area (Å²) in [6.45, 7) is 7.44. The van der Waals surface area contributed by atoms with Crippen LogP contribution in [0, 0.1) is 0 Å². The fraction of sp³-hybridized carbons (Fsp3) is 0.923. The molecule has 2 atom stereocenters. The standard InChI is InChI=1S/C13H27N3O/c1-4-15-11(2)12-7-5-6-9-16(12)10-8-13(17)14-3/h11-12,15H,4-10H2,1-3H3,(H,14,17). The quantitative estimate of drug-likeness (QED) is 0.728. The Morgan fingerprint density at radius 2 is 2.24 bits per heavy atom. The molecule has 100 valence electrons. The molecule has 1 fully saturated rings. The van der Waals surface area contributed by atoms with Crippen LogP contribution in [0.2, 0.25) is 0 Å². The summed E-state index contributed by atoms with van der Waals surface area (Å²) in [6.07, 6.45) is 4.45. The summed E-state index contributed by atoms with van der Waals surface area (Å²) in [5.74, 6) is 0.144. The van der Waals surface area contributed by atoms with Gasteiger partial charge in [-0.15, -0.1) is 0 Å². The number of nitrogens with one attached hydrogen (secondary N) is 2. The van der Waals surface area contributed by atoms with Gasteiger partial charge in [-0.3, -0.25) is 9.69 Å². The van der Waals surface area contributed by atoms with Crippen molar-refractivity contribution in [2.75, 3.05) is 26.7 Å². The van der Waals surface area contributed by atoms with Crippen molar-refractivity contribution >= 4 is 5.91 Å².